The van der Waals surface area contributed by atoms with Gasteiger partial charge in [-0.15, -0.1) is 0 Å². The van der Waals surface area contributed by atoms with Crippen molar-refractivity contribution in [3.63, 3.8) is 0 Å². The van der Waals surface area contributed by atoms with E-state index in [-0.39, 0.29) is 52.0 Å². The van der Waals surface area contributed by atoms with Crippen LogP contribution in [0.4, 0.5) is 11.4 Å². The summed E-state index contributed by atoms with van der Waals surface area (Å²) in [4.78, 5) is 25.0. The Morgan fingerprint density at radius 3 is 1.73 bits per heavy atom. The molecule has 3 aromatic rings. The Hall–Kier alpha value is -2.69. The molecule has 0 bridgehead atoms. The first kappa shape index (κ1) is 22.0. The third kappa shape index (κ3) is 3.40. The normalized spacial score (nSPS) is 12.6. The van der Waals surface area contributed by atoms with Crippen LogP contribution in [0.1, 0.15) is 31.8 Å². The van der Waals surface area contributed by atoms with E-state index in [4.69, 9.17) is 16.2 Å². The fourth-order valence-corrected chi connectivity index (χ4v) is 4.07. The number of fused-ring (bicyclic) bond motifs is 2. The number of ketones is 2. The molecule has 0 atom stereocenters. The van der Waals surface area contributed by atoms with E-state index < -0.39 is 49.3 Å². The summed E-state index contributed by atoms with van der Waals surface area (Å²) in [5.41, 5.74) is 10.3. The summed E-state index contributed by atoms with van der Waals surface area (Å²) in [6, 6.07) is 13.9. The van der Waals surface area contributed by atoms with E-state index in [9.17, 15) is 22.6 Å². The minimum atomic E-state index is -5.20. The number of rotatable bonds is 3. The summed E-state index contributed by atoms with van der Waals surface area (Å²) in [5.74, 6) is -1.73. The number of carbonyl (C=O) groups is 2. The Balaban J connectivity index is 0.00000256. The van der Waals surface area contributed by atoms with E-state index in [2.05, 4.69) is 0 Å². The molecule has 1 aliphatic carbocycles. The average Bonchev–Trinajstić information content (AvgIpc) is 2.68. The SMILES string of the molecule is Nc1c(Oc2ccccc2)c(S(=O)(=O)[O-])c(N)c2c1C(=O)c1ccccc1C2=O.[Na+]. The summed E-state index contributed by atoms with van der Waals surface area (Å²) in [6.07, 6.45) is 0. The number of anilines is 2. The Morgan fingerprint density at radius 1 is 0.767 bits per heavy atom. The molecule has 30 heavy (non-hydrogen) atoms. The van der Waals surface area contributed by atoms with Gasteiger partial charge in [-0.25, -0.2) is 8.42 Å². The standard InChI is InChI=1S/C20H14N2O6S.Na/c21-15-13-14(18(24)12-9-5-4-8-11(12)17(13)23)16(22)20(29(25,26)27)19(15)28-10-6-2-1-3-7-10;/h1-9H,21-22H2,(H,25,26,27);/q;+1/p-1. The topological polar surface area (TPSA) is 153 Å². The molecule has 0 saturated carbocycles. The first-order chi connectivity index (χ1) is 13.7. The summed E-state index contributed by atoms with van der Waals surface area (Å²) in [6.45, 7) is 0. The van der Waals surface area contributed by atoms with Crippen LogP contribution in [0.25, 0.3) is 0 Å². The molecular weight excluding hydrogens is 419 g/mol. The van der Waals surface area contributed by atoms with Gasteiger partial charge in [0.25, 0.3) is 0 Å². The second-order valence-electron chi connectivity index (χ2n) is 6.31. The smallest absolute Gasteiger partial charge is 0.744 e. The largest absolute Gasteiger partial charge is 1.00 e. The number of hydrogen-bond acceptors (Lipinski definition) is 8. The van der Waals surface area contributed by atoms with Crippen LogP contribution in [0.2, 0.25) is 0 Å². The van der Waals surface area contributed by atoms with Crippen molar-refractivity contribution in [2.45, 2.75) is 4.90 Å². The van der Waals surface area contributed by atoms with Crippen LogP contribution in [0.3, 0.4) is 0 Å². The summed E-state index contributed by atoms with van der Waals surface area (Å²) < 4.78 is 41.4. The third-order valence-electron chi connectivity index (χ3n) is 4.57. The summed E-state index contributed by atoms with van der Waals surface area (Å²) in [5, 5.41) is 0. The van der Waals surface area contributed by atoms with Gasteiger partial charge in [-0.1, -0.05) is 42.5 Å². The molecule has 0 aromatic heterocycles. The van der Waals surface area contributed by atoms with Crippen LogP contribution in [-0.4, -0.2) is 24.5 Å². The molecule has 8 nitrogen and oxygen atoms in total. The van der Waals surface area contributed by atoms with Crippen molar-refractivity contribution in [3.05, 3.63) is 76.9 Å². The van der Waals surface area contributed by atoms with Crippen molar-refractivity contribution in [2.24, 2.45) is 0 Å². The molecule has 0 saturated heterocycles. The summed E-state index contributed by atoms with van der Waals surface area (Å²) in [7, 11) is -5.20. The molecular formula is C20H13N2NaO6S. The fourth-order valence-electron chi connectivity index (χ4n) is 3.32. The van der Waals surface area contributed by atoms with Crippen molar-refractivity contribution < 1.29 is 56.9 Å². The molecule has 4 N–H and O–H groups in total. The predicted molar refractivity (Wildman–Crippen MR) is 103 cm³/mol. The number of hydrogen-bond donors (Lipinski definition) is 2. The monoisotopic (exact) mass is 432 g/mol. The van der Waals surface area contributed by atoms with Crippen LogP contribution in [0.5, 0.6) is 11.5 Å². The maximum Gasteiger partial charge on any atom is 1.00 e. The van der Waals surface area contributed by atoms with Gasteiger partial charge in [0.2, 0.25) is 0 Å². The van der Waals surface area contributed by atoms with Crippen molar-refractivity contribution in [3.8, 4) is 11.5 Å². The van der Waals surface area contributed by atoms with E-state index in [1.54, 1.807) is 30.3 Å². The zero-order chi connectivity index (χ0) is 20.9. The second kappa shape index (κ2) is 7.86. The van der Waals surface area contributed by atoms with Crippen molar-refractivity contribution in [1.29, 1.82) is 0 Å². The molecule has 0 amide bonds. The molecule has 4 rings (SSSR count). The molecule has 3 aromatic carbocycles. The second-order valence-corrected chi connectivity index (χ2v) is 7.63. The number of nitrogen functional groups attached to an aromatic ring is 2. The Labute approximate surface area is 193 Å². The van der Waals surface area contributed by atoms with Gasteiger partial charge >= 0.3 is 29.6 Å². The molecule has 0 radical (unpaired) electrons. The number of ether oxygens (including phenoxy) is 1. The molecule has 0 aliphatic heterocycles. The van der Waals surface area contributed by atoms with Gasteiger partial charge in [0.15, 0.2) is 17.3 Å². The maximum absolute atomic E-state index is 13.0. The molecule has 0 fully saturated rings. The van der Waals surface area contributed by atoms with Gasteiger partial charge in [-0.3, -0.25) is 9.59 Å². The molecule has 0 heterocycles. The van der Waals surface area contributed by atoms with Gasteiger partial charge in [0, 0.05) is 11.1 Å². The van der Waals surface area contributed by atoms with Gasteiger partial charge in [0.05, 0.1) is 22.5 Å². The Kier molecular flexibility index (Phi) is 5.76. The molecule has 10 heteroatoms. The minimum absolute atomic E-state index is 0. The van der Waals surface area contributed by atoms with E-state index in [1.807, 2.05) is 0 Å². The van der Waals surface area contributed by atoms with E-state index in [0.29, 0.717) is 0 Å². The van der Waals surface area contributed by atoms with Crippen LogP contribution in [0, 0.1) is 0 Å². The van der Waals surface area contributed by atoms with Crippen LogP contribution in [-0.2, 0) is 10.1 Å². The maximum atomic E-state index is 13.0. The van der Waals surface area contributed by atoms with Crippen molar-refractivity contribution in [2.75, 3.05) is 11.5 Å². The van der Waals surface area contributed by atoms with Crippen LogP contribution in [0.15, 0.2) is 59.5 Å². The quantitative estimate of drug-likeness (QED) is 0.246. The predicted octanol–water partition coefficient (Wildman–Crippen LogP) is -0.673. The van der Waals surface area contributed by atoms with E-state index in [0.717, 1.165) is 0 Å². The molecule has 146 valence electrons. The van der Waals surface area contributed by atoms with Gasteiger partial charge < -0.3 is 20.8 Å². The van der Waals surface area contributed by atoms with Crippen LogP contribution < -0.4 is 45.8 Å². The van der Waals surface area contributed by atoms with Crippen molar-refractivity contribution in [1.82, 2.24) is 0 Å². The number of para-hydroxylation sites is 1. The zero-order valence-corrected chi connectivity index (χ0v) is 18.5. The Bertz CT molecular complexity index is 1310. The van der Waals surface area contributed by atoms with E-state index >= 15 is 0 Å². The Morgan fingerprint density at radius 2 is 1.23 bits per heavy atom. The van der Waals surface area contributed by atoms with Crippen molar-refractivity contribution >= 4 is 33.1 Å². The fraction of sp³-hybridized carbons (Fsp3) is 0. The number of carbonyl (C=O) groups excluding carboxylic acids is 2. The first-order valence-electron chi connectivity index (χ1n) is 8.34. The molecule has 0 unspecified atom stereocenters. The number of nitrogens with two attached hydrogens (primary N) is 2. The summed E-state index contributed by atoms with van der Waals surface area (Å²) >= 11 is 0. The van der Waals surface area contributed by atoms with Gasteiger partial charge in [-0.2, -0.15) is 0 Å². The minimum Gasteiger partial charge on any atom is -0.744 e. The first-order valence-corrected chi connectivity index (χ1v) is 9.74. The molecule has 1 aliphatic rings. The third-order valence-corrected chi connectivity index (χ3v) is 5.47. The average molecular weight is 432 g/mol. The zero-order valence-electron chi connectivity index (χ0n) is 15.7. The van der Waals surface area contributed by atoms with E-state index in [1.165, 1.54) is 24.3 Å². The van der Waals surface area contributed by atoms with Gasteiger partial charge in [0.1, 0.15) is 20.8 Å². The number of benzene rings is 3. The van der Waals surface area contributed by atoms with Gasteiger partial charge in [-0.05, 0) is 12.1 Å². The van der Waals surface area contributed by atoms with Crippen LogP contribution >= 0.6 is 0 Å². The molecule has 0 spiro atoms.